The van der Waals surface area contributed by atoms with Gasteiger partial charge in [-0.3, -0.25) is 0 Å². The predicted octanol–water partition coefficient (Wildman–Crippen LogP) is 8.67. The van der Waals surface area contributed by atoms with Crippen molar-refractivity contribution >= 4 is 11.1 Å². The normalized spacial score (nSPS) is 10.6. The highest BCUT2D eigenvalue weighted by Crippen LogP contribution is 2.37. The molecule has 5 aromatic carbocycles. The first kappa shape index (κ1) is 20.7. The smallest absolute Gasteiger partial charge is 0.00268 e. The monoisotopic (exact) mass is 422 g/mol. The van der Waals surface area contributed by atoms with Gasteiger partial charge in [0.25, 0.3) is 0 Å². The molecule has 0 nitrogen and oxygen atoms in total. The fraction of sp³-hybridized carbons (Fsp3) is 0.0303. The average Bonchev–Trinajstić information content (AvgIpc) is 2.89. The van der Waals surface area contributed by atoms with E-state index in [2.05, 4.69) is 146 Å². The van der Waals surface area contributed by atoms with Gasteiger partial charge < -0.3 is 0 Å². The summed E-state index contributed by atoms with van der Waals surface area (Å²) in [7, 11) is 0. The quantitative estimate of drug-likeness (QED) is 0.249. The van der Waals surface area contributed by atoms with Gasteiger partial charge in [-0.1, -0.05) is 145 Å². The number of aryl methyl sites for hydroxylation is 1. The summed E-state index contributed by atoms with van der Waals surface area (Å²) >= 11 is 0. The van der Waals surface area contributed by atoms with Crippen LogP contribution >= 0.6 is 0 Å². The zero-order valence-electron chi connectivity index (χ0n) is 18.8. The Morgan fingerprint density at radius 3 is 1.00 bits per heavy atom. The maximum atomic E-state index is 2.25. The summed E-state index contributed by atoms with van der Waals surface area (Å²) in [5.74, 6) is 0. The molecule has 0 radical (unpaired) electrons. The molecule has 0 aliphatic rings. The molecular formula is C33H26. The van der Waals surface area contributed by atoms with Crippen LogP contribution < -0.4 is 0 Å². The number of benzene rings is 5. The lowest BCUT2D eigenvalue weighted by molar-refractivity contribution is 1.46. The van der Waals surface area contributed by atoms with Crippen molar-refractivity contribution in [3.63, 3.8) is 0 Å². The first-order valence-electron chi connectivity index (χ1n) is 11.4. The molecular weight excluding hydrogens is 396 g/mol. The van der Waals surface area contributed by atoms with E-state index in [4.69, 9.17) is 0 Å². The topological polar surface area (TPSA) is 0 Å². The Morgan fingerprint density at radius 2 is 0.636 bits per heavy atom. The van der Waals surface area contributed by atoms with Gasteiger partial charge in [-0.05, 0) is 51.5 Å². The van der Waals surface area contributed by atoms with Crippen LogP contribution in [-0.4, -0.2) is 0 Å². The highest BCUT2D eigenvalue weighted by Gasteiger charge is 2.16. The maximum absolute atomic E-state index is 2.25. The van der Waals surface area contributed by atoms with Gasteiger partial charge in [-0.15, -0.1) is 0 Å². The van der Waals surface area contributed by atoms with Crippen LogP contribution in [0.4, 0.5) is 0 Å². The highest BCUT2D eigenvalue weighted by atomic mass is 14.2. The minimum absolute atomic E-state index is 1.21. The molecule has 0 aliphatic heterocycles. The molecule has 0 heterocycles. The molecule has 0 saturated carbocycles. The number of hydrogen-bond donors (Lipinski definition) is 0. The zero-order valence-corrected chi connectivity index (χ0v) is 18.8. The van der Waals surface area contributed by atoms with Crippen LogP contribution in [0.1, 0.15) is 27.8 Å². The van der Waals surface area contributed by atoms with E-state index in [1.165, 1.54) is 50.1 Å². The first-order chi connectivity index (χ1) is 16.3. The molecule has 5 rings (SSSR count). The largest absolute Gasteiger partial charge is 0.0622 e. The summed E-state index contributed by atoms with van der Waals surface area (Å²) in [6.45, 7) is 2.12. The Morgan fingerprint density at radius 1 is 0.333 bits per heavy atom. The van der Waals surface area contributed by atoms with Gasteiger partial charge in [0, 0.05) is 0 Å². The molecule has 33 heavy (non-hydrogen) atoms. The molecule has 0 heteroatoms. The molecule has 158 valence electrons. The van der Waals surface area contributed by atoms with Crippen LogP contribution in [0.15, 0.2) is 140 Å². The van der Waals surface area contributed by atoms with Gasteiger partial charge in [0.05, 0.1) is 0 Å². The van der Waals surface area contributed by atoms with Gasteiger partial charge in [0.1, 0.15) is 0 Å². The van der Waals surface area contributed by atoms with Crippen LogP contribution in [0.25, 0.3) is 22.3 Å². The third-order valence-corrected chi connectivity index (χ3v) is 6.00. The van der Waals surface area contributed by atoms with Crippen molar-refractivity contribution in [1.82, 2.24) is 0 Å². The van der Waals surface area contributed by atoms with E-state index in [-0.39, 0.29) is 0 Å². The van der Waals surface area contributed by atoms with E-state index in [0.717, 1.165) is 0 Å². The van der Waals surface area contributed by atoms with Crippen molar-refractivity contribution < 1.29 is 0 Å². The van der Waals surface area contributed by atoms with Gasteiger partial charge in [0.15, 0.2) is 0 Å². The van der Waals surface area contributed by atoms with Crippen LogP contribution in [0.3, 0.4) is 0 Å². The Kier molecular flexibility index (Phi) is 5.99. The lowest BCUT2D eigenvalue weighted by atomic mass is 9.85. The molecule has 0 spiro atoms. The fourth-order valence-electron chi connectivity index (χ4n) is 4.30. The molecule has 0 bridgehead atoms. The molecule has 0 atom stereocenters. The average molecular weight is 423 g/mol. The molecule has 0 fully saturated rings. The third-order valence-electron chi connectivity index (χ3n) is 6.00. The Bertz CT molecular complexity index is 1300. The number of hydrogen-bond acceptors (Lipinski definition) is 0. The summed E-state index contributed by atoms with van der Waals surface area (Å²) < 4.78 is 0. The third kappa shape index (κ3) is 4.56. The molecule has 0 saturated heterocycles. The van der Waals surface area contributed by atoms with E-state index in [0.29, 0.717) is 0 Å². The van der Waals surface area contributed by atoms with E-state index < -0.39 is 0 Å². The van der Waals surface area contributed by atoms with E-state index in [1.54, 1.807) is 0 Å². The highest BCUT2D eigenvalue weighted by molar-refractivity contribution is 6.04. The van der Waals surface area contributed by atoms with E-state index in [9.17, 15) is 0 Å². The minimum atomic E-state index is 1.21. The Labute approximate surface area is 196 Å². The summed E-state index contributed by atoms with van der Waals surface area (Å²) in [4.78, 5) is 0. The van der Waals surface area contributed by atoms with Crippen molar-refractivity contribution in [3.8, 4) is 11.1 Å². The molecule has 5 aromatic rings. The van der Waals surface area contributed by atoms with Crippen molar-refractivity contribution in [1.29, 1.82) is 0 Å². The fourth-order valence-corrected chi connectivity index (χ4v) is 4.30. The van der Waals surface area contributed by atoms with Crippen LogP contribution in [0, 0.1) is 6.92 Å². The molecule has 0 aliphatic carbocycles. The summed E-state index contributed by atoms with van der Waals surface area (Å²) in [5, 5.41) is 0. The Balaban J connectivity index is 1.73. The minimum Gasteiger partial charge on any atom is -0.0622 e. The molecule has 0 amide bonds. The summed E-state index contributed by atoms with van der Waals surface area (Å²) in [6.07, 6.45) is 0. The van der Waals surface area contributed by atoms with Gasteiger partial charge in [-0.25, -0.2) is 0 Å². The van der Waals surface area contributed by atoms with Crippen molar-refractivity contribution in [2.75, 3.05) is 0 Å². The van der Waals surface area contributed by atoms with E-state index >= 15 is 0 Å². The number of rotatable bonds is 5. The van der Waals surface area contributed by atoms with Gasteiger partial charge in [-0.2, -0.15) is 0 Å². The molecule has 0 unspecified atom stereocenters. The predicted molar refractivity (Wildman–Crippen MR) is 141 cm³/mol. The van der Waals surface area contributed by atoms with Crippen molar-refractivity contribution in [2.45, 2.75) is 6.92 Å². The second kappa shape index (κ2) is 9.54. The van der Waals surface area contributed by atoms with Gasteiger partial charge >= 0.3 is 0 Å². The van der Waals surface area contributed by atoms with Gasteiger partial charge in [0.2, 0.25) is 0 Å². The summed E-state index contributed by atoms with van der Waals surface area (Å²) in [5.41, 5.74) is 11.1. The lowest BCUT2D eigenvalue weighted by Gasteiger charge is -2.18. The SMILES string of the molecule is Cc1ccc(-c2ccc(C(=C(c3ccccc3)c3ccccc3)c3ccccc3)cc2)cc1. The molecule has 0 N–H and O–H groups in total. The van der Waals surface area contributed by atoms with Crippen LogP contribution in [-0.2, 0) is 0 Å². The van der Waals surface area contributed by atoms with Crippen molar-refractivity contribution in [3.05, 3.63) is 167 Å². The van der Waals surface area contributed by atoms with Crippen molar-refractivity contribution in [2.24, 2.45) is 0 Å². The first-order valence-corrected chi connectivity index (χ1v) is 11.4. The maximum Gasteiger partial charge on any atom is -0.00268 e. The standard InChI is InChI=1S/C33H26/c1-25-17-19-26(20-18-25)27-21-23-31(24-22-27)33(30-15-9-4-10-16-30)32(28-11-5-2-6-12-28)29-13-7-3-8-14-29/h2-24H,1H3. The Hall–Kier alpha value is -4.16. The van der Waals surface area contributed by atoms with Crippen LogP contribution in [0.2, 0.25) is 0 Å². The second-order valence-electron chi connectivity index (χ2n) is 8.29. The van der Waals surface area contributed by atoms with E-state index in [1.807, 2.05) is 0 Å². The zero-order chi connectivity index (χ0) is 22.5. The van der Waals surface area contributed by atoms with Crippen LogP contribution in [0.5, 0.6) is 0 Å². The second-order valence-corrected chi connectivity index (χ2v) is 8.29. The lowest BCUT2D eigenvalue weighted by Crippen LogP contribution is -1.97. The molecule has 0 aromatic heterocycles. The summed E-state index contributed by atoms with van der Waals surface area (Å²) in [6, 6.07) is 49.8.